The molecule has 0 bridgehead atoms. The first-order chi connectivity index (χ1) is 11.3. The number of carbonyl (C=O) groups excluding carboxylic acids is 1. The first-order valence-electron chi connectivity index (χ1n) is 8.14. The molecule has 0 atom stereocenters. The summed E-state index contributed by atoms with van der Waals surface area (Å²) in [6, 6.07) is 18.5. The largest absolute Gasteiger partial charge is 0.361 e. The van der Waals surface area contributed by atoms with Crippen molar-refractivity contribution in [2.75, 3.05) is 6.54 Å². The van der Waals surface area contributed by atoms with Gasteiger partial charge in [0, 0.05) is 36.6 Å². The molecule has 0 radical (unpaired) electrons. The molecule has 0 aliphatic rings. The van der Waals surface area contributed by atoms with Gasteiger partial charge >= 0.3 is 0 Å². The topological polar surface area (TPSA) is 36.1 Å². The van der Waals surface area contributed by atoms with Crippen LogP contribution in [0.2, 0.25) is 0 Å². The van der Waals surface area contributed by atoms with Gasteiger partial charge in [0.05, 0.1) is 0 Å². The van der Waals surface area contributed by atoms with Crippen molar-refractivity contribution >= 4 is 16.8 Å². The second-order valence-electron chi connectivity index (χ2n) is 5.76. The molecule has 2 aromatic carbocycles. The van der Waals surface area contributed by atoms with E-state index in [2.05, 4.69) is 41.5 Å². The second kappa shape index (κ2) is 7.14. The van der Waals surface area contributed by atoms with Gasteiger partial charge in [-0.1, -0.05) is 55.5 Å². The van der Waals surface area contributed by atoms with Crippen molar-refractivity contribution < 1.29 is 4.79 Å². The molecule has 1 aromatic heterocycles. The zero-order chi connectivity index (χ0) is 16.1. The maximum absolute atomic E-state index is 12.3. The van der Waals surface area contributed by atoms with E-state index in [-0.39, 0.29) is 5.91 Å². The first kappa shape index (κ1) is 15.3. The van der Waals surface area contributed by atoms with Crippen molar-refractivity contribution in [2.24, 2.45) is 0 Å². The average Bonchev–Trinajstić information content (AvgIpc) is 3.02. The van der Waals surface area contributed by atoms with Gasteiger partial charge in [0.25, 0.3) is 0 Å². The molecule has 0 aliphatic heterocycles. The number of nitrogens with zero attached hydrogens (tertiary/aromatic N) is 1. The standard InChI is InChI=1S/C20H22N2O/c1-2-20(23)22(15-16-8-4-3-5-9-16)13-12-17-14-21-19-11-7-6-10-18(17)19/h3-11,14,21H,2,12-13,15H2,1H3. The fraction of sp³-hybridized carbons (Fsp3) is 0.250. The smallest absolute Gasteiger partial charge is 0.222 e. The van der Waals surface area contributed by atoms with E-state index in [1.165, 1.54) is 16.5 Å². The van der Waals surface area contributed by atoms with Crippen LogP contribution in [0.1, 0.15) is 24.5 Å². The molecular weight excluding hydrogens is 284 g/mol. The Morgan fingerprint density at radius 3 is 2.57 bits per heavy atom. The zero-order valence-electron chi connectivity index (χ0n) is 13.5. The number of fused-ring (bicyclic) bond motifs is 1. The first-order valence-corrected chi connectivity index (χ1v) is 8.14. The number of nitrogens with one attached hydrogen (secondary N) is 1. The van der Waals surface area contributed by atoms with Crippen molar-refractivity contribution in [3.05, 3.63) is 71.9 Å². The molecule has 1 amide bonds. The lowest BCUT2D eigenvalue weighted by Gasteiger charge is -2.22. The van der Waals surface area contributed by atoms with Gasteiger partial charge in [-0.3, -0.25) is 4.79 Å². The molecule has 3 aromatic rings. The number of amides is 1. The number of benzene rings is 2. The fourth-order valence-corrected chi connectivity index (χ4v) is 2.91. The molecule has 0 fully saturated rings. The van der Waals surface area contributed by atoms with Crippen LogP contribution in [0.5, 0.6) is 0 Å². The summed E-state index contributed by atoms with van der Waals surface area (Å²) in [5, 5.41) is 1.25. The molecule has 118 valence electrons. The number of para-hydroxylation sites is 1. The van der Waals surface area contributed by atoms with Gasteiger partial charge in [0.15, 0.2) is 0 Å². The SMILES string of the molecule is CCC(=O)N(CCc1c[nH]c2ccccc12)Cc1ccccc1. The lowest BCUT2D eigenvalue weighted by Crippen LogP contribution is -2.31. The highest BCUT2D eigenvalue weighted by Gasteiger charge is 2.13. The highest BCUT2D eigenvalue weighted by molar-refractivity contribution is 5.83. The maximum atomic E-state index is 12.3. The van der Waals surface area contributed by atoms with Crippen molar-refractivity contribution in [1.82, 2.24) is 9.88 Å². The predicted molar refractivity (Wildman–Crippen MR) is 94.2 cm³/mol. The minimum Gasteiger partial charge on any atom is -0.361 e. The molecule has 0 spiro atoms. The van der Waals surface area contributed by atoms with Crippen LogP contribution >= 0.6 is 0 Å². The van der Waals surface area contributed by atoms with E-state index in [0.717, 1.165) is 18.5 Å². The molecule has 0 saturated carbocycles. The quantitative estimate of drug-likeness (QED) is 0.729. The van der Waals surface area contributed by atoms with Crippen molar-refractivity contribution in [1.29, 1.82) is 0 Å². The van der Waals surface area contributed by atoms with E-state index in [1.54, 1.807) is 0 Å². The van der Waals surface area contributed by atoms with Gasteiger partial charge in [-0.15, -0.1) is 0 Å². The molecule has 1 heterocycles. The molecular formula is C20H22N2O. The van der Waals surface area contributed by atoms with E-state index >= 15 is 0 Å². The van der Waals surface area contributed by atoms with Crippen molar-refractivity contribution in [2.45, 2.75) is 26.3 Å². The summed E-state index contributed by atoms with van der Waals surface area (Å²) in [5.74, 6) is 0.202. The molecule has 3 rings (SSSR count). The van der Waals surface area contributed by atoms with E-state index in [4.69, 9.17) is 0 Å². The number of aromatic nitrogens is 1. The van der Waals surface area contributed by atoms with Crippen LogP contribution in [0.4, 0.5) is 0 Å². The lowest BCUT2D eigenvalue weighted by molar-refractivity contribution is -0.131. The maximum Gasteiger partial charge on any atom is 0.222 e. The van der Waals surface area contributed by atoms with Gasteiger partial charge in [-0.2, -0.15) is 0 Å². The Morgan fingerprint density at radius 1 is 1.04 bits per heavy atom. The van der Waals surface area contributed by atoms with Gasteiger partial charge in [0.1, 0.15) is 0 Å². The molecule has 3 nitrogen and oxygen atoms in total. The fourth-order valence-electron chi connectivity index (χ4n) is 2.91. The summed E-state index contributed by atoms with van der Waals surface area (Å²) in [6.45, 7) is 3.34. The highest BCUT2D eigenvalue weighted by Crippen LogP contribution is 2.19. The molecule has 3 heteroatoms. The number of carbonyl (C=O) groups is 1. The van der Waals surface area contributed by atoms with Crippen molar-refractivity contribution in [3.8, 4) is 0 Å². The second-order valence-corrected chi connectivity index (χ2v) is 5.76. The Labute approximate surface area is 136 Å². The summed E-state index contributed by atoms with van der Waals surface area (Å²) in [7, 11) is 0. The summed E-state index contributed by atoms with van der Waals surface area (Å²) in [6.07, 6.45) is 3.46. The number of H-pyrrole nitrogens is 1. The van der Waals surface area contributed by atoms with Gasteiger partial charge in [-0.25, -0.2) is 0 Å². The number of hydrogen-bond acceptors (Lipinski definition) is 1. The Balaban J connectivity index is 1.72. The Bertz CT molecular complexity index is 776. The van der Waals surface area contributed by atoms with E-state index < -0.39 is 0 Å². The summed E-state index contributed by atoms with van der Waals surface area (Å²) >= 11 is 0. The molecule has 0 unspecified atom stereocenters. The van der Waals surface area contributed by atoms with Crippen LogP contribution < -0.4 is 0 Å². The third-order valence-corrected chi connectivity index (χ3v) is 4.20. The highest BCUT2D eigenvalue weighted by atomic mass is 16.2. The van der Waals surface area contributed by atoms with Crippen LogP contribution in [0.3, 0.4) is 0 Å². The third kappa shape index (κ3) is 3.62. The zero-order valence-corrected chi connectivity index (χ0v) is 13.5. The lowest BCUT2D eigenvalue weighted by atomic mass is 10.1. The summed E-state index contributed by atoms with van der Waals surface area (Å²) < 4.78 is 0. The van der Waals surface area contributed by atoms with Crippen LogP contribution in [0.25, 0.3) is 10.9 Å². The van der Waals surface area contributed by atoms with Crippen LogP contribution in [-0.4, -0.2) is 22.3 Å². The minimum atomic E-state index is 0.202. The summed E-state index contributed by atoms with van der Waals surface area (Å²) in [4.78, 5) is 17.5. The number of hydrogen-bond donors (Lipinski definition) is 1. The third-order valence-electron chi connectivity index (χ3n) is 4.20. The molecule has 0 saturated heterocycles. The van der Waals surface area contributed by atoms with E-state index in [1.807, 2.05) is 36.1 Å². The Kier molecular flexibility index (Phi) is 4.77. The van der Waals surface area contributed by atoms with E-state index in [0.29, 0.717) is 13.0 Å². The van der Waals surface area contributed by atoms with Crippen LogP contribution in [0, 0.1) is 0 Å². The number of rotatable bonds is 6. The van der Waals surface area contributed by atoms with Crippen LogP contribution in [0.15, 0.2) is 60.8 Å². The molecule has 0 aliphatic carbocycles. The van der Waals surface area contributed by atoms with Gasteiger partial charge < -0.3 is 9.88 Å². The van der Waals surface area contributed by atoms with Crippen molar-refractivity contribution in [3.63, 3.8) is 0 Å². The van der Waals surface area contributed by atoms with Crippen LogP contribution in [-0.2, 0) is 17.8 Å². The van der Waals surface area contributed by atoms with Gasteiger partial charge in [-0.05, 0) is 23.6 Å². The molecule has 23 heavy (non-hydrogen) atoms. The minimum absolute atomic E-state index is 0.202. The summed E-state index contributed by atoms with van der Waals surface area (Å²) in [5.41, 5.74) is 3.59. The number of aromatic amines is 1. The monoisotopic (exact) mass is 306 g/mol. The van der Waals surface area contributed by atoms with E-state index in [9.17, 15) is 4.79 Å². The Morgan fingerprint density at radius 2 is 1.78 bits per heavy atom. The normalized spacial score (nSPS) is 10.8. The Hall–Kier alpha value is -2.55. The molecule has 1 N–H and O–H groups in total. The average molecular weight is 306 g/mol. The van der Waals surface area contributed by atoms with Gasteiger partial charge in [0.2, 0.25) is 5.91 Å². The predicted octanol–water partition coefficient (Wildman–Crippen LogP) is 4.15.